The van der Waals surface area contributed by atoms with E-state index < -0.39 is 59.4 Å². The van der Waals surface area contributed by atoms with Gasteiger partial charge in [0.2, 0.25) is 6.10 Å². The van der Waals surface area contributed by atoms with Crippen molar-refractivity contribution >= 4 is 11.9 Å². The van der Waals surface area contributed by atoms with Crippen molar-refractivity contribution < 1.29 is 55.2 Å². The number of benzene rings is 2. The van der Waals surface area contributed by atoms with E-state index in [2.05, 4.69) is 0 Å². The highest BCUT2D eigenvalue weighted by Crippen LogP contribution is 2.34. The maximum atomic E-state index is 11.6. The fourth-order valence-corrected chi connectivity index (χ4v) is 2.41. The Hall–Kier alpha value is -3.54. The van der Waals surface area contributed by atoms with Gasteiger partial charge in [-0.1, -0.05) is 12.1 Å². The number of carbonyl (C=O) groups is 2. The Morgan fingerprint density at radius 3 is 1.79 bits per heavy atom. The normalized spacial score (nSPS) is 15.1. The Bertz CT molecular complexity index is 911. The number of aromatic hydroxyl groups is 3. The lowest BCUT2D eigenvalue weighted by atomic mass is 10.0. The highest BCUT2D eigenvalue weighted by Gasteiger charge is 2.32. The van der Waals surface area contributed by atoms with Gasteiger partial charge in [-0.2, -0.15) is 0 Å². The van der Waals surface area contributed by atoms with Gasteiger partial charge in [0.05, 0.1) is 0 Å². The average molecular weight is 410 g/mol. The first-order chi connectivity index (χ1) is 13.5. The number of carboxylic acid groups (broad SMARTS) is 2. The molecule has 156 valence electrons. The summed E-state index contributed by atoms with van der Waals surface area (Å²) in [5.74, 6) is -5.57. The van der Waals surface area contributed by atoms with Gasteiger partial charge >= 0.3 is 11.9 Å². The zero-order valence-electron chi connectivity index (χ0n) is 14.6. The van der Waals surface area contributed by atoms with E-state index in [1.54, 1.807) is 0 Å². The van der Waals surface area contributed by atoms with Crippen molar-refractivity contribution in [1.82, 2.24) is 0 Å². The molecular weight excluding hydrogens is 392 g/mol. The first-order valence-corrected chi connectivity index (χ1v) is 8.04. The predicted octanol–water partition coefficient (Wildman–Crippen LogP) is -0.152. The van der Waals surface area contributed by atoms with Gasteiger partial charge in [-0.05, 0) is 35.4 Å². The van der Waals surface area contributed by atoms with Crippen LogP contribution in [0.4, 0.5) is 0 Å². The molecule has 0 aromatic heterocycles. The van der Waals surface area contributed by atoms with E-state index >= 15 is 0 Å². The Balaban J connectivity index is 2.35. The molecule has 0 heterocycles. The summed E-state index contributed by atoms with van der Waals surface area (Å²) in [6, 6.07) is 6.05. The van der Waals surface area contributed by atoms with Crippen LogP contribution in [-0.4, -0.2) is 65.0 Å². The number of aliphatic hydroxyl groups excluding tert-OH is 3. The van der Waals surface area contributed by atoms with Crippen LogP contribution in [0.15, 0.2) is 36.4 Å². The number of phenolic OH excluding ortho intramolecular Hbond substituents is 3. The Morgan fingerprint density at radius 1 is 0.724 bits per heavy atom. The molecule has 11 heteroatoms. The summed E-state index contributed by atoms with van der Waals surface area (Å²) in [7, 11) is 0. The Kier molecular flexibility index (Phi) is 6.49. The Morgan fingerprint density at radius 2 is 1.28 bits per heavy atom. The number of carboxylic acids is 2. The van der Waals surface area contributed by atoms with Crippen LogP contribution in [0.3, 0.4) is 0 Å². The van der Waals surface area contributed by atoms with E-state index in [1.807, 2.05) is 0 Å². The minimum atomic E-state index is -2.19. The third-order valence-electron chi connectivity index (χ3n) is 4.00. The molecule has 4 atom stereocenters. The molecule has 11 nitrogen and oxygen atoms in total. The van der Waals surface area contributed by atoms with Crippen LogP contribution in [0.2, 0.25) is 0 Å². The molecule has 0 aliphatic heterocycles. The quantitative estimate of drug-likeness (QED) is 0.269. The molecule has 8 N–H and O–H groups in total. The van der Waals surface area contributed by atoms with Gasteiger partial charge in [0.25, 0.3) is 0 Å². The van der Waals surface area contributed by atoms with Crippen molar-refractivity contribution in [2.24, 2.45) is 0 Å². The van der Waals surface area contributed by atoms with Gasteiger partial charge in [0, 0.05) is 0 Å². The zero-order valence-corrected chi connectivity index (χ0v) is 14.6. The smallest absolute Gasteiger partial charge is 0.348 e. The summed E-state index contributed by atoms with van der Waals surface area (Å²) < 4.78 is 5.14. The summed E-state index contributed by atoms with van der Waals surface area (Å²) >= 11 is 0. The summed E-state index contributed by atoms with van der Waals surface area (Å²) in [4.78, 5) is 22.3. The second kappa shape index (κ2) is 8.65. The van der Waals surface area contributed by atoms with Crippen molar-refractivity contribution in [1.29, 1.82) is 0 Å². The monoisotopic (exact) mass is 410 g/mol. The minimum absolute atomic E-state index is 0.121. The van der Waals surface area contributed by atoms with Gasteiger partial charge in [-0.15, -0.1) is 0 Å². The van der Waals surface area contributed by atoms with Crippen LogP contribution in [0.1, 0.15) is 23.3 Å². The van der Waals surface area contributed by atoms with Crippen molar-refractivity contribution in [2.45, 2.75) is 24.4 Å². The zero-order chi connectivity index (χ0) is 21.9. The lowest BCUT2D eigenvalue weighted by molar-refractivity contribution is -0.153. The van der Waals surface area contributed by atoms with Crippen molar-refractivity contribution in [2.75, 3.05) is 0 Å². The topological polar surface area (TPSA) is 205 Å². The third kappa shape index (κ3) is 4.85. The van der Waals surface area contributed by atoms with Crippen LogP contribution in [0.25, 0.3) is 0 Å². The number of ether oxygens (including phenoxy) is 1. The molecule has 0 aliphatic carbocycles. The van der Waals surface area contributed by atoms with Gasteiger partial charge in [-0.25, -0.2) is 9.59 Å². The first-order valence-electron chi connectivity index (χ1n) is 8.04. The van der Waals surface area contributed by atoms with Crippen LogP contribution >= 0.6 is 0 Å². The molecule has 4 unspecified atom stereocenters. The van der Waals surface area contributed by atoms with E-state index in [0.717, 1.165) is 36.4 Å². The fourth-order valence-electron chi connectivity index (χ4n) is 2.41. The molecule has 2 aromatic carbocycles. The third-order valence-corrected chi connectivity index (χ3v) is 4.00. The van der Waals surface area contributed by atoms with Gasteiger partial charge < -0.3 is 45.6 Å². The molecule has 0 saturated carbocycles. The standard InChI is InChI=1S/C18H18O11/c19-9-3-1-7(5-11(9)21)14(23)16(18(27)28)29-12-6-8(2-4-10(12)20)13(22)15(24)17(25)26/h1-6,13-16,19-24H,(H,25,26)(H,27,28). The molecule has 0 bridgehead atoms. The highest BCUT2D eigenvalue weighted by atomic mass is 16.5. The van der Waals surface area contributed by atoms with Crippen LogP contribution in [0, 0.1) is 0 Å². The van der Waals surface area contributed by atoms with E-state index in [1.165, 1.54) is 0 Å². The number of hydrogen-bond donors (Lipinski definition) is 8. The minimum Gasteiger partial charge on any atom is -0.504 e. The van der Waals surface area contributed by atoms with Gasteiger partial charge in [0.1, 0.15) is 12.2 Å². The van der Waals surface area contributed by atoms with Gasteiger partial charge in [-0.3, -0.25) is 0 Å². The second-order valence-corrected chi connectivity index (χ2v) is 6.02. The maximum absolute atomic E-state index is 11.6. The largest absolute Gasteiger partial charge is 0.504 e. The predicted molar refractivity (Wildman–Crippen MR) is 93.5 cm³/mol. The van der Waals surface area contributed by atoms with Crippen molar-refractivity contribution in [3.05, 3.63) is 47.5 Å². The lowest BCUT2D eigenvalue weighted by Gasteiger charge is -2.22. The molecular formula is C18H18O11. The van der Waals surface area contributed by atoms with Crippen LogP contribution < -0.4 is 4.74 Å². The highest BCUT2D eigenvalue weighted by molar-refractivity contribution is 5.74. The summed E-state index contributed by atoms with van der Waals surface area (Å²) in [5, 5.41) is 76.5. The molecule has 0 spiro atoms. The fraction of sp³-hybridized carbons (Fsp3) is 0.222. The van der Waals surface area contributed by atoms with Crippen LogP contribution in [-0.2, 0) is 9.59 Å². The number of aliphatic hydroxyl groups is 3. The SMILES string of the molecule is O=C(O)C(O)C(O)c1ccc(O)c(OC(C(=O)O)C(O)c2ccc(O)c(O)c2)c1. The molecule has 0 amide bonds. The molecule has 0 saturated heterocycles. The van der Waals surface area contributed by atoms with E-state index in [9.17, 15) is 45.3 Å². The van der Waals surface area contributed by atoms with Crippen molar-refractivity contribution in [3.8, 4) is 23.0 Å². The van der Waals surface area contributed by atoms with Crippen molar-refractivity contribution in [3.63, 3.8) is 0 Å². The molecule has 2 rings (SSSR count). The average Bonchev–Trinajstić information content (AvgIpc) is 2.67. The second-order valence-electron chi connectivity index (χ2n) is 6.02. The molecule has 29 heavy (non-hydrogen) atoms. The number of rotatable bonds is 8. The van der Waals surface area contributed by atoms with Crippen LogP contribution in [0.5, 0.6) is 23.0 Å². The molecule has 0 radical (unpaired) electrons. The number of phenols is 3. The number of aliphatic carboxylic acids is 2. The van der Waals surface area contributed by atoms with E-state index in [-0.39, 0.29) is 11.1 Å². The van der Waals surface area contributed by atoms with Gasteiger partial charge in [0.15, 0.2) is 29.1 Å². The first kappa shape index (κ1) is 21.8. The van der Waals surface area contributed by atoms with E-state index in [0.29, 0.717) is 0 Å². The maximum Gasteiger partial charge on any atom is 0.348 e. The molecule has 2 aromatic rings. The summed E-state index contributed by atoms with van der Waals surface area (Å²) in [5.41, 5.74) is -0.321. The summed E-state index contributed by atoms with van der Waals surface area (Å²) in [6.07, 6.45) is -7.94. The molecule has 0 aliphatic rings. The van der Waals surface area contributed by atoms with E-state index in [4.69, 9.17) is 9.84 Å². The number of hydrogen-bond acceptors (Lipinski definition) is 9. The summed E-state index contributed by atoms with van der Waals surface area (Å²) in [6.45, 7) is 0. The molecule has 0 fully saturated rings. The Labute approximate surface area is 162 Å². The lowest BCUT2D eigenvalue weighted by Crippen LogP contribution is -2.34.